The minimum absolute atomic E-state index is 0. The summed E-state index contributed by atoms with van der Waals surface area (Å²) in [6.45, 7) is 20.0. The molecule has 6 heteroatoms. The minimum atomic E-state index is 0. The third kappa shape index (κ3) is 13.3. The Hall–Kier alpha value is -0.958. The van der Waals surface area contributed by atoms with Gasteiger partial charge in [-0.3, -0.25) is 14.4 Å². The Morgan fingerprint density at radius 1 is 0.895 bits per heavy atom. The van der Waals surface area contributed by atoms with Gasteiger partial charge in [-0.25, -0.2) is 0 Å². The van der Waals surface area contributed by atoms with Gasteiger partial charge >= 0.3 is 0 Å². The van der Waals surface area contributed by atoms with Gasteiger partial charge < -0.3 is 4.90 Å². The molecule has 0 N–H and O–H groups in total. The van der Waals surface area contributed by atoms with Gasteiger partial charge in [-0.1, -0.05) is 15.9 Å². The number of hydrogen-bond donors (Lipinski definition) is 0. The van der Waals surface area contributed by atoms with Gasteiger partial charge in [0.15, 0.2) is 0 Å². The molecule has 0 saturated carbocycles. The maximum absolute atomic E-state index is 7.50. The second-order valence-electron chi connectivity index (χ2n) is 2.65. The van der Waals surface area contributed by atoms with E-state index in [0.29, 0.717) is 0 Å². The van der Waals surface area contributed by atoms with E-state index in [1.807, 2.05) is 0 Å². The monoisotopic (exact) mass is 363 g/mol. The molecule has 0 fully saturated rings. The van der Waals surface area contributed by atoms with Crippen LogP contribution in [0.5, 0.6) is 0 Å². The average molecular weight is 364 g/mol. The van der Waals surface area contributed by atoms with Crippen LogP contribution >= 0.6 is 15.9 Å². The Morgan fingerprint density at radius 2 is 1.21 bits per heavy atom. The first-order valence-electron chi connectivity index (χ1n) is 4.89. The summed E-state index contributed by atoms with van der Waals surface area (Å²) >= 11 is 3.42. The van der Waals surface area contributed by atoms with Crippen molar-refractivity contribution in [1.29, 1.82) is 0 Å². The number of carbonyl (C=O) groups excluding carboxylic acids is 3. The van der Waals surface area contributed by atoms with Crippen molar-refractivity contribution in [3.8, 4) is 0 Å². The van der Waals surface area contributed by atoms with Crippen LogP contribution in [0.15, 0.2) is 28.7 Å². The molecule has 0 amide bonds. The Kier molecular flexibility index (Phi) is 31.1. The third-order valence-electron chi connectivity index (χ3n) is 1.96. The van der Waals surface area contributed by atoms with Gasteiger partial charge in [0.1, 0.15) is 0 Å². The van der Waals surface area contributed by atoms with Crippen molar-refractivity contribution in [2.24, 2.45) is 0 Å². The molecule has 0 spiro atoms. The van der Waals surface area contributed by atoms with Crippen molar-refractivity contribution in [2.45, 2.75) is 13.8 Å². The quantitative estimate of drug-likeness (QED) is 0.825. The number of anilines is 1. The van der Waals surface area contributed by atoms with Gasteiger partial charge in [0, 0.05) is 40.6 Å². The number of hydrogen-bond acceptors (Lipinski definition) is 4. The van der Waals surface area contributed by atoms with Crippen LogP contribution < -0.4 is 4.90 Å². The second kappa shape index (κ2) is 22.2. The van der Waals surface area contributed by atoms with Gasteiger partial charge in [0.05, 0.1) is 0 Å². The first-order valence-corrected chi connectivity index (χ1v) is 5.69. The molecule has 4 nitrogen and oxygen atoms in total. The van der Waals surface area contributed by atoms with Crippen molar-refractivity contribution in [2.75, 3.05) is 18.0 Å². The normalized spacial score (nSPS) is 6.89. The molecule has 102 valence electrons. The van der Waals surface area contributed by atoms with Gasteiger partial charge in [-0.2, -0.15) is 0 Å². The zero-order valence-corrected chi connectivity index (χ0v) is 13.5. The fraction of sp³-hybridized carbons (Fsp3) is 0.308. The van der Waals surface area contributed by atoms with Crippen LogP contribution in [-0.2, 0) is 31.7 Å². The summed E-state index contributed by atoms with van der Waals surface area (Å²) in [6, 6.07) is 8.43. The van der Waals surface area contributed by atoms with E-state index in [1.165, 1.54) is 5.69 Å². The van der Waals surface area contributed by atoms with Crippen molar-refractivity contribution < 1.29 is 31.7 Å². The second-order valence-corrected chi connectivity index (χ2v) is 3.56. The fourth-order valence-electron chi connectivity index (χ4n) is 1.24. The van der Waals surface area contributed by atoms with Crippen LogP contribution in [0.25, 0.3) is 0 Å². The van der Waals surface area contributed by atoms with E-state index < -0.39 is 0 Å². The summed E-state index contributed by atoms with van der Waals surface area (Å²) in [4.78, 5) is 24.8. The number of rotatable bonds is 3. The zero-order chi connectivity index (χ0) is 15.0. The van der Waals surface area contributed by atoms with E-state index in [4.69, 9.17) is 14.4 Å². The van der Waals surface area contributed by atoms with Gasteiger partial charge in [-0.15, -0.1) is 0 Å². The maximum Gasteiger partial charge on any atom is 0.281 e. The molecule has 0 saturated heterocycles. The summed E-state index contributed by atoms with van der Waals surface area (Å²) in [5.74, 6) is 0. The molecule has 0 aliphatic rings. The van der Waals surface area contributed by atoms with Crippen LogP contribution in [0.4, 0.5) is 5.69 Å². The van der Waals surface area contributed by atoms with E-state index >= 15 is 0 Å². The van der Waals surface area contributed by atoms with Crippen LogP contribution in [0.3, 0.4) is 0 Å². The molecular formula is C13H14BrCrNO3. The van der Waals surface area contributed by atoms with E-state index in [0.717, 1.165) is 17.6 Å². The standard InChI is InChI=1S/C10H14BrN.3CO.Cr/c1-3-12(4-2)10-7-5-9(11)6-8-10;3*1-2;/h5-8H,3-4H2,1-2H3;;;;. The number of benzene rings is 1. The molecule has 6 radical (unpaired) electrons. The van der Waals surface area contributed by atoms with E-state index in [-0.39, 0.29) is 17.4 Å². The Morgan fingerprint density at radius 3 is 1.47 bits per heavy atom. The molecule has 0 aliphatic carbocycles. The molecule has 1 rings (SSSR count). The molecule has 0 aromatic heterocycles. The topological polar surface area (TPSA) is 54.5 Å². The van der Waals surface area contributed by atoms with Crippen molar-refractivity contribution in [1.82, 2.24) is 0 Å². The molecule has 0 heterocycles. The van der Waals surface area contributed by atoms with Crippen molar-refractivity contribution in [3.05, 3.63) is 28.7 Å². The molecule has 1 aromatic carbocycles. The van der Waals surface area contributed by atoms with Crippen LogP contribution in [0.2, 0.25) is 0 Å². The largest absolute Gasteiger partial charge is 0.372 e. The van der Waals surface area contributed by atoms with Gasteiger partial charge in [0.2, 0.25) is 0 Å². The van der Waals surface area contributed by atoms with Crippen molar-refractivity contribution in [3.63, 3.8) is 0 Å². The Balaban J connectivity index is -0.000000142. The Labute approximate surface area is 134 Å². The summed E-state index contributed by atoms with van der Waals surface area (Å²) in [7, 11) is 0. The number of halogens is 1. The molecular weight excluding hydrogens is 350 g/mol. The molecule has 0 aliphatic heterocycles. The molecule has 0 bridgehead atoms. The van der Waals surface area contributed by atoms with Gasteiger partial charge in [0.25, 0.3) is 20.4 Å². The van der Waals surface area contributed by atoms with E-state index in [2.05, 4.69) is 79.3 Å². The van der Waals surface area contributed by atoms with E-state index in [1.54, 1.807) is 0 Å². The van der Waals surface area contributed by atoms with Gasteiger partial charge in [-0.05, 0) is 38.1 Å². The SMILES string of the molecule is CCN(CC)c1ccc(Br)cc1.[C]=O.[C]=O.[C]=O.[Cr]. The van der Waals surface area contributed by atoms with Crippen LogP contribution in [0.1, 0.15) is 13.8 Å². The minimum Gasteiger partial charge on any atom is -0.372 e. The summed E-state index contributed by atoms with van der Waals surface area (Å²) in [5, 5.41) is 0. The van der Waals surface area contributed by atoms with Crippen LogP contribution in [-0.4, -0.2) is 33.5 Å². The zero-order valence-electron chi connectivity index (χ0n) is 10.7. The van der Waals surface area contributed by atoms with E-state index in [9.17, 15) is 0 Å². The average Bonchev–Trinajstić information content (AvgIpc) is 2.48. The first-order chi connectivity index (χ1) is 8.77. The Bertz CT molecular complexity index is 277. The molecule has 19 heavy (non-hydrogen) atoms. The predicted octanol–water partition coefficient (Wildman–Crippen LogP) is 2.10. The first kappa shape index (κ1) is 26.6. The smallest absolute Gasteiger partial charge is 0.281 e. The molecule has 0 unspecified atom stereocenters. The summed E-state index contributed by atoms with van der Waals surface area (Å²) in [5.41, 5.74) is 1.29. The number of nitrogens with zero attached hydrogens (tertiary/aromatic N) is 1. The fourth-order valence-corrected chi connectivity index (χ4v) is 1.50. The van der Waals surface area contributed by atoms with Crippen molar-refractivity contribution >= 4 is 42.0 Å². The molecule has 0 atom stereocenters. The molecule has 1 aromatic rings. The third-order valence-corrected chi connectivity index (χ3v) is 2.48. The summed E-state index contributed by atoms with van der Waals surface area (Å²) in [6.07, 6.45) is 0. The summed E-state index contributed by atoms with van der Waals surface area (Å²) < 4.78 is 1.14. The van der Waals surface area contributed by atoms with Crippen LogP contribution in [0, 0.1) is 0 Å². The maximum atomic E-state index is 7.50. The predicted molar refractivity (Wildman–Crippen MR) is 74.8 cm³/mol.